The van der Waals surface area contributed by atoms with Gasteiger partial charge in [0.25, 0.3) is 0 Å². The Morgan fingerprint density at radius 2 is 2.20 bits per heavy atom. The van der Waals surface area contributed by atoms with E-state index in [0.717, 1.165) is 21.9 Å². The predicted molar refractivity (Wildman–Crippen MR) is 79.8 cm³/mol. The van der Waals surface area contributed by atoms with Gasteiger partial charge in [-0.25, -0.2) is 4.39 Å². The lowest BCUT2D eigenvalue weighted by Crippen LogP contribution is -2.10. The molecule has 20 heavy (non-hydrogen) atoms. The molecule has 106 valence electrons. The number of hydrogen-bond acceptors (Lipinski definition) is 2. The van der Waals surface area contributed by atoms with E-state index in [-0.39, 0.29) is 17.2 Å². The number of Topliss-reactive ketones (excluding diaryl/α,β-unsaturated/α-hetero) is 1. The van der Waals surface area contributed by atoms with Crippen molar-refractivity contribution >= 4 is 33.3 Å². The maximum Gasteiger partial charge on any atom is 0.170 e. The average Bonchev–Trinajstić information content (AvgIpc) is 2.66. The maximum absolute atomic E-state index is 13.0. The fourth-order valence-corrected chi connectivity index (χ4v) is 2.70. The lowest BCUT2D eigenvalue weighted by Gasteiger charge is -2.06. The molecule has 0 atom stereocenters. The van der Waals surface area contributed by atoms with E-state index in [1.807, 2.05) is 13.8 Å². The van der Waals surface area contributed by atoms with E-state index in [0.29, 0.717) is 12.1 Å². The fourth-order valence-electron chi connectivity index (χ4n) is 2.00. The average molecular weight is 360 g/mol. The molecule has 0 N–H and O–H groups in total. The molecule has 1 aromatic carbocycles. The third kappa shape index (κ3) is 2.94. The molecule has 0 amide bonds. The largest absolute Gasteiger partial charge is 0.294 e. The van der Waals surface area contributed by atoms with Crippen LogP contribution < -0.4 is 0 Å². The summed E-state index contributed by atoms with van der Waals surface area (Å²) in [6.07, 6.45) is 0.167. The first-order chi connectivity index (χ1) is 9.43. The Hall–Kier alpha value is -1.20. The molecule has 0 spiro atoms. The number of benzene rings is 1. The van der Waals surface area contributed by atoms with Gasteiger partial charge in [0, 0.05) is 12.1 Å². The van der Waals surface area contributed by atoms with Gasteiger partial charge >= 0.3 is 0 Å². The Balaban J connectivity index is 2.32. The van der Waals surface area contributed by atoms with Gasteiger partial charge in [-0.1, -0.05) is 11.6 Å². The normalized spacial score (nSPS) is 10.8. The quantitative estimate of drug-likeness (QED) is 0.767. The van der Waals surface area contributed by atoms with Crippen LogP contribution in [-0.4, -0.2) is 15.6 Å². The lowest BCUT2D eigenvalue weighted by molar-refractivity contribution is 0.0990. The van der Waals surface area contributed by atoms with Crippen LogP contribution in [-0.2, 0) is 13.0 Å². The van der Waals surface area contributed by atoms with Gasteiger partial charge < -0.3 is 0 Å². The molecule has 0 saturated carbocycles. The molecule has 2 rings (SSSR count). The van der Waals surface area contributed by atoms with Gasteiger partial charge in [-0.15, -0.1) is 0 Å². The van der Waals surface area contributed by atoms with Gasteiger partial charge in [-0.2, -0.15) is 5.10 Å². The summed E-state index contributed by atoms with van der Waals surface area (Å²) in [4.78, 5) is 12.3. The minimum absolute atomic E-state index is 0.130. The van der Waals surface area contributed by atoms with E-state index in [1.54, 1.807) is 4.68 Å². The number of carbonyl (C=O) groups is 1. The minimum Gasteiger partial charge on any atom is -0.294 e. The number of rotatable bonds is 4. The summed E-state index contributed by atoms with van der Waals surface area (Å²) in [5.41, 5.74) is 1.96. The van der Waals surface area contributed by atoms with Gasteiger partial charge in [0.2, 0.25) is 0 Å². The first-order valence-corrected chi connectivity index (χ1v) is 7.31. The molecular formula is C14H13BrClFN2O. The predicted octanol–water partition coefficient (Wildman–Crippen LogP) is 4.19. The molecule has 6 heteroatoms. The summed E-state index contributed by atoms with van der Waals surface area (Å²) in [7, 11) is 0. The van der Waals surface area contributed by atoms with E-state index in [1.165, 1.54) is 12.1 Å². The highest BCUT2D eigenvalue weighted by molar-refractivity contribution is 9.10. The number of aryl methyl sites for hydroxylation is 2. The molecule has 0 bridgehead atoms. The standard InChI is InChI=1S/C14H13BrClFN2O/c1-3-19-12(14(15)8(2)18-19)7-13(20)10-5-4-9(17)6-11(10)16/h4-6H,3,7H2,1-2H3. The van der Waals surface area contributed by atoms with Crippen LogP contribution in [0.1, 0.15) is 28.7 Å². The van der Waals surface area contributed by atoms with Crippen LogP contribution in [0.15, 0.2) is 22.7 Å². The van der Waals surface area contributed by atoms with Crippen LogP contribution in [0.3, 0.4) is 0 Å². The molecule has 0 radical (unpaired) electrons. The summed E-state index contributed by atoms with van der Waals surface area (Å²) in [6.45, 7) is 4.50. The Morgan fingerprint density at radius 3 is 2.80 bits per heavy atom. The molecular weight excluding hydrogens is 347 g/mol. The number of hydrogen-bond donors (Lipinski definition) is 0. The van der Waals surface area contributed by atoms with Crippen molar-refractivity contribution in [3.8, 4) is 0 Å². The number of carbonyl (C=O) groups excluding carboxylic acids is 1. The van der Waals surface area contributed by atoms with E-state index in [2.05, 4.69) is 21.0 Å². The van der Waals surface area contributed by atoms with Crippen molar-refractivity contribution in [3.63, 3.8) is 0 Å². The lowest BCUT2D eigenvalue weighted by atomic mass is 10.1. The monoisotopic (exact) mass is 358 g/mol. The van der Waals surface area contributed by atoms with Crippen molar-refractivity contribution in [1.29, 1.82) is 0 Å². The van der Waals surface area contributed by atoms with Crippen molar-refractivity contribution in [2.45, 2.75) is 26.8 Å². The summed E-state index contributed by atoms with van der Waals surface area (Å²) in [5, 5.41) is 4.47. The summed E-state index contributed by atoms with van der Waals surface area (Å²) in [5.74, 6) is -0.618. The molecule has 0 aliphatic carbocycles. The van der Waals surface area contributed by atoms with Crippen LogP contribution in [0.5, 0.6) is 0 Å². The van der Waals surface area contributed by atoms with Crippen molar-refractivity contribution < 1.29 is 9.18 Å². The number of halogens is 3. The highest BCUT2D eigenvalue weighted by atomic mass is 79.9. The van der Waals surface area contributed by atoms with Gasteiger partial charge in [0.05, 0.1) is 27.3 Å². The van der Waals surface area contributed by atoms with Crippen LogP contribution >= 0.6 is 27.5 Å². The van der Waals surface area contributed by atoms with Gasteiger partial charge in [-0.3, -0.25) is 9.48 Å². The molecule has 0 aliphatic heterocycles. The zero-order valence-electron chi connectivity index (χ0n) is 11.1. The van der Waals surface area contributed by atoms with Crippen molar-refractivity contribution in [2.24, 2.45) is 0 Å². The van der Waals surface area contributed by atoms with E-state index >= 15 is 0 Å². The molecule has 1 heterocycles. The summed E-state index contributed by atoms with van der Waals surface area (Å²) in [6, 6.07) is 3.79. The molecule has 0 saturated heterocycles. The van der Waals surface area contributed by atoms with E-state index in [9.17, 15) is 9.18 Å². The number of aromatic nitrogens is 2. The van der Waals surface area contributed by atoms with Crippen LogP contribution in [0, 0.1) is 12.7 Å². The topological polar surface area (TPSA) is 34.9 Å². The smallest absolute Gasteiger partial charge is 0.170 e. The van der Waals surface area contributed by atoms with Gasteiger partial charge in [0.1, 0.15) is 5.82 Å². The van der Waals surface area contributed by atoms with Gasteiger partial charge in [-0.05, 0) is 48.0 Å². The van der Waals surface area contributed by atoms with Crippen LogP contribution in [0.2, 0.25) is 5.02 Å². The third-order valence-corrected chi connectivity index (χ3v) is 4.36. The first kappa shape index (κ1) is 15.2. The first-order valence-electron chi connectivity index (χ1n) is 6.14. The Kier molecular flexibility index (Phi) is 4.60. The second-order valence-electron chi connectivity index (χ2n) is 4.39. The van der Waals surface area contributed by atoms with E-state index < -0.39 is 5.82 Å². The zero-order chi connectivity index (χ0) is 14.9. The summed E-state index contributed by atoms with van der Waals surface area (Å²) >= 11 is 9.36. The van der Waals surface area contributed by atoms with Gasteiger partial charge in [0.15, 0.2) is 5.78 Å². The number of nitrogens with zero attached hydrogens (tertiary/aromatic N) is 2. The number of ketones is 1. The van der Waals surface area contributed by atoms with Crippen molar-refractivity contribution in [3.05, 3.63) is 50.5 Å². The van der Waals surface area contributed by atoms with Crippen LogP contribution in [0.25, 0.3) is 0 Å². The minimum atomic E-state index is -0.456. The Bertz CT molecular complexity index is 669. The molecule has 2 aromatic rings. The van der Waals surface area contributed by atoms with Crippen molar-refractivity contribution in [2.75, 3.05) is 0 Å². The molecule has 0 unspecified atom stereocenters. The molecule has 0 aliphatic rings. The Labute approximate surface area is 129 Å². The maximum atomic E-state index is 13.0. The molecule has 1 aromatic heterocycles. The molecule has 0 fully saturated rings. The van der Waals surface area contributed by atoms with Crippen LogP contribution in [0.4, 0.5) is 4.39 Å². The fraction of sp³-hybridized carbons (Fsp3) is 0.286. The van der Waals surface area contributed by atoms with Crippen molar-refractivity contribution in [1.82, 2.24) is 9.78 Å². The highest BCUT2D eigenvalue weighted by Gasteiger charge is 2.18. The SMILES string of the molecule is CCn1nc(C)c(Br)c1CC(=O)c1ccc(F)cc1Cl. The highest BCUT2D eigenvalue weighted by Crippen LogP contribution is 2.24. The van der Waals surface area contributed by atoms with E-state index in [4.69, 9.17) is 11.6 Å². The Morgan fingerprint density at radius 1 is 1.50 bits per heavy atom. The molecule has 3 nitrogen and oxygen atoms in total. The third-order valence-electron chi connectivity index (χ3n) is 3.01. The zero-order valence-corrected chi connectivity index (χ0v) is 13.4. The summed E-state index contributed by atoms with van der Waals surface area (Å²) < 4.78 is 15.6. The second-order valence-corrected chi connectivity index (χ2v) is 5.59. The second kappa shape index (κ2) is 6.06.